The molecule has 4 aromatic rings. The molecule has 0 fully saturated rings. The Labute approximate surface area is 162 Å². The zero-order valence-corrected chi connectivity index (χ0v) is 15.6. The Morgan fingerprint density at radius 1 is 1.04 bits per heavy atom. The molecule has 4 nitrogen and oxygen atoms in total. The van der Waals surface area contributed by atoms with E-state index in [1.165, 1.54) is 12.1 Å². The monoisotopic (exact) mass is 428 g/mol. The molecule has 0 spiro atoms. The van der Waals surface area contributed by atoms with Gasteiger partial charge in [0.15, 0.2) is 5.82 Å². The maximum absolute atomic E-state index is 13.4. The Bertz CT molecular complexity index is 1110. The lowest BCUT2D eigenvalue weighted by Crippen LogP contribution is -2.00. The molecule has 0 atom stereocenters. The quantitative estimate of drug-likeness (QED) is 0.434. The van der Waals surface area contributed by atoms with Crippen molar-refractivity contribution >= 4 is 49.9 Å². The van der Waals surface area contributed by atoms with Crippen LogP contribution < -0.4 is 5.32 Å². The van der Waals surface area contributed by atoms with Gasteiger partial charge in [-0.2, -0.15) is 0 Å². The van der Waals surface area contributed by atoms with Gasteiger partial charge in [0.05, 0.1) is 10.5 Å². The second-order valence-electron chi connectivity index (χ2n) is 5.55. The molecule has 2 heterocycles. The van der Waals surface area contributed by atoms with E-state index >= 15 is 0 Å². The molecule has 0 unspecified atom stereocenters. The van der Waals surface area contributed by atoms with Crippen LogP contribution in [0.25, 0.3) is 22.3 Å². The molecule has 0 saturated heterocycles. The highest BCUT2D eigenvalue weighted by atomic mass is 79.9. The van der Waals surface area contributed by atoms with Crippen molar-refractivity contribution in [1.82, 2.24) is 15.0 Å². The third kappa shape index (κ3) is 3.38. The van der Waals surface area contributed by atoms with Gasteiger partial charge in [-0.15, -0.1) is 0 Å². The maximum Gasteiger partial charge on any atom is 0.163 e. The van der Waals surface area contributed by atoms with E-state index in [1.54, 1.807) is 18.5 Å². The fraction of sp³-hybridized carbons (Fsp3) is 0. The molecule has 0 aliphatic heterocycles. The van der Waals surface area contributed by atoms with Crippen LogP contribution in [0.1, 0.15) is 0 Å². The molecule has 2 aromatic heterocycles. The first-order valence-corrected chi connectivity index (χ1v) is 8.87. The number of nitrogens with zero attached hydrogens (tertiary/aromatic N) is 3. The van der Waals surface area contributed by atoms with Gasteiger partial charge < -0.3 is 5.32 Å². The first-order chi connectivity index (χ1) is 12.6. The van der Waals surface area contributed by atoms with Crippen molar-refractivity contribution in [2.75, 3.05) is 5.32 Å². The van der Waals surface area contributed by atoms with Crippen LogP contribution in [0.5, 0.6) is 0 Å². The van der Waals surface area contributed by atoms with E-state index in [0.717, 1.165) is 20.9 Å². The lowest BCUT2D eigenvalue weighted by molar-refractivity contribution is 0.628. The largest absolute Gasteiger partial charge is 0.340 e. The van der Waals surface area contributed by atoms with Crippen LogP contribution in [0.2, 0.25) is 5.02 Å². The Hall–Kier alpha value is -2.57. The molecule has 0 saturated carbocycles. The van der Waals surface area contributed by atoms with Gasteiger partial charge in [0.25, 0.3) is 0 Å². The van der Waals surface area contributed by atoms with Gasteiger partial charge in [-0.1, -0.05) is 27.5 Å². The zero-order valence-electron chi connectivity index (χ0n) is 13.2. The zero-order chi connectivity index (χ0) is 18.1. The minimum absolute atomic E-state index is 0.0435. The molecule has 0 bridgehead atoms. The summed E-state index contributed by atoms with van der Waals surface area (Å²) in [5.74, 6) is 0.671. The Morgan fingerprint density at radius 3 is 2.69 bits per heavy atom. The Kier molecular flexibility index (Phi) is 4.53. The number of pyridine rings is 1. The van der Waals surface area contributed by atoms with E-state index in [4.69, 9.17) is 11.6 Å². The van der Waals surface area contributed by atoms with E-state index in [9.17, 15) is 4.39 Å². The fourth-order valence-corrected chi connectivity index (χ4v) is 3.07. The Morgan fingerprint density at radius 2 is 1.92 bits per heavy atom. The summed E-state index contributed by atoms with van der Waals surface area (Å²) in [5.41, 5.74) is 2.21. The summed E-state index contributed by atoms with van der Waals surface area (Å²) in [7, 11) is 0. The van der Waals surface area contributed by atoms with Crippen LogP contribution in [-0.4, -0.2) is 15.0 Å². The van der Waals surface area contributed by atoms with Gasteiger partial charge in [-0.05, 0) is 48.5 Å². The minimum atomic E-state index is -0.469. The highest BCUT2D eigenvalue weighted by Crippen LogP contribution is 2.30. The summed E-state index contributed by atoms with van der Waals surface area (Å²) in [6.45, 7) is 0. The van der Waals surface area contributed by atoms with Crippen LogP contribution >= 0.6 is 27.5 Å². The van der Waals surface area contributed by atoms with Gasteiger partial charge >= 0.3 is 0 Å². The maximum atomic E-state index is 13.4. The van der Waals surface area contributed by atoms with E-state index in [0.29, 0.717) is 17.3 Å². The second kappa shape index (κ2) is 6.97. The highest BCUT2D eigenvalue weighted by Gasteiger charge is 2.11. The van der Waals surface area contributed by atoms with Crippen molar-refractivity contribution in [2.24, 2.45) is 0 Å². The third-order valence-electron chi connectivity index (χ3n) is 3.76. The number of anilines is 2. The first-order valence-electron chi connectivity index (χ1n) is 7.70. The van der Waals surface area contributed by atoms with Crippen LogP contribution in [0.4, 0.5) is 15.9 Å². The summed E-state index contributed by atoms with van der Waals surface area (Å²) >= 11 is 9.36. The Balaban J connectivity index is 1.87. The van der Waals surface area contributed by atoms with Crippen LogP contribution in [0.15, 0.2) is 65.4 Å². The van der Waals surface area contributed by atoms with Crippen LogP contribution in [0.3, 0.4) is 0 Å². The predicted octanol–water partition coefficient (Wildman–Crippen LogP) is 5.99. The van der Waals surface area contributed by atoms with Gasteiger partial charge in [-0.3, -0.25) is 4.98 Å². The average molecular weight is 430 g/mol. The van der Waals surface area contributed by atoms with Crippen LogP contribution in [-0.2, 0) is 0 Å². The van der Waals surface area contributed by atoms with Gasteiger partial charge in [0.1, 0.15) is 11.6 Å². The number of aromatic nitrogens is 3. The van der Waals surface area contributed by atoms with Crippen molar-refractivity contribution < 1.29 is 4.39 Å². The van der Waals surface area contributed by atoms with Crippen molar-refractivity contribution in [1.29, 1.82) is 0 Å². The van der Waals surface area contributed by atoms with Crippen molar-refractivity contribution in [3.8, 4) is 11.4 Å². The van der Waals surface area contributed by atoms with Crippen molar-refractivity contribution in [2.45, 2.75) is 0 Å². The van der Waals surface area contributed by atoms with Gasteiger partial charge in [0, 0.05) is 33.5 Å². The number of nitrogens with one attached hydrogen (secondary N) is 1. The number of hydrogen-bond donors (Lipinski definition) is 1. The molecule has 128 valence electrons. The van der Waals surface area contributed by atoms with Crippen LogP contribution in [0, 0.1) is 5.82 Å². The molecule has 26 heavy (non-hydrogen) atoms. The topological polar surface area (TPSA) is 50.7 Å². The number of benzene rings is 2. The number of halogens is 3. The van der Waals surface area contributed by atoms with E-state index in [-0.39, 0.29) is 5.02 Å². The van der Waals surface area contributed by atoms with E-state index < -0.39 is 5.82 Å². The molecule has 0 aliphatic rings. The van der Waals surface area contributed by atoms with E-state index in [1.807, 2.05) is 30.3 Å². The lowest BCUT2D eigenvalue weighted by Gasteiger charge is -2.12. The smallest absolute Gasteiger partial charge is 0.163 e. The highest BCUT2D eigenvalue weighted by molar-refractivity contribution is 9.10. The SMILES string of the molecule is Fc1ccc(Nc2nc(-c3cccnc3)nc3ccc(Br)cc23)cc1Cl. The lowest BCUT2D eigenvalue weighted by atomic mass is 10.2. The average Bonchev–Trinajstić information content (AvgIpc) is 2.65. The number of fused-ring (bicyclic) bond motifs is 1. The molecule has 1 N–H and O–H groups in total. The molecule has 0 amide bonds. The molecular formula is C19H11BrClFN4. The van der Waals surface area contributed by atoms with Gasteiger partial charge in [0.2, 0.25) is 0 Å². The van der Waals surface area contributed by atoms with Crippen molar-refractivity contribution in [3.63, 3.8) is 0 Å². The molecule has 0 radical (unpaired) electrons. The molecule has 4 rings (SSSR count). The fourth-order valence-electron chi connectivity index (χ4n) is 2.53. The minimum Gasteiger partial charge on any atom is -0.340 e. The predicted molar refractivity (Wildman–Crippen MR) is 105 cm³/mol. The summed E-state index contributed by atoms with van der Waals surface area (Å²) < 4.78 is 14.3. The normalized spacial score (nSPS) is 10.9. The second-order valence-corrected chi connectivity index (χ2v) is 6.88. The van der Waals surface area contributed by atoms with Crippen molar-refractivity contribution in [3.05, 3.63) is 76.2 Å². The molecule has 0 aliphatic carbocycles. The summed E-state index contributed by atoms with van der Waals surface area (Å²) in [5, 5.41) is 4.08. The van der Waals surface area contributed by atoms with E-state index in [2.05, 4.69) is 36.2 Å². The summed E-state index contributed by atoms with van der Waals surface area (Å²) in [4.78, 5) is 13.4. The summed E-state index contributed by atoms with van der Waals surface area (Å²) in [6.07, 6.45) is 3.40. The standard InChI is InChI=1S/C19H11BrClFN4/c20-12-3-6-17-14(8-12)19(24-13-4-5-16(22)15(21)9-13)26-18(25-17)11-2-1-7-23-10-11/h1-10H,(H,24,25,26). The molecule has 2 aromatic carbocycles. The molecular weight excluding hydrogens is 419 g/mol. The first kappa shape index (κ1) is 16.9. The third-order valence-corrected chi connectivity index (χ3v) is 4.54. The van der Waals surface area contributed by atoms with Gasteiger partial charge in [-0.25, -0.2) is 14.4 Å². The summed E-state index contributed by atoms with van der Waals surface area (Å²) in [6, 6.07) is 13.9. The molecule has 7 heteroatoms. The number of hydrogen-bond acceptors (Lipinski definition) is 4. The number of rotatable bonds is 3.